The van der Waals surface area contributed by atoms with Crippen molar-refractivity contribution in [3.63, 3.8) is 0 Å². The maximum Gasteiger partial charge on any atom is 0.232 e. The fourth-order valence-corrected chi connectivity index (χ4v) is 1.73. The van der Waals surface area contributed by atoms with E-state index < -0.39 is 0 Å². The molecule has 0 aliphatic carbocycles. The van der Waals surface area contributed by atoms with Gasteiger partial charge in [-0.25, -0.2) is 9.97 Å². The van der Waals surface area contributed by atoms with Crippen LogP contribution in [0, 0.1) is 0 Å². The van der Waals surface area contributed by atoms with Gasteiger partial charge in [-0.05, 0) is 24.9 Å². The number of hydrogen-bond acceptors (Lipinski definition) is 5. The van der Waals surface area contributed by atoms with E-state index in [0.29, 0.717) is 17.8 Å². The van der Waals surface area contributed by atoms with E-state index in [0.717, 1.165) is 10.8 Å². The van der Waals surface area contributed by atoms with Crippen LogP contribution in [0.15, 0.2) is 64.7 Å². The first kappa shape index (κ1) is 11.3. The third kappa shape index (κ3) is 2.41. The number of hydrogen-bond donors (Lipinski definition) is 0. The SMILES string of the molecule is C=C1/N=c2/ncnc/c2=C/CC2=C(N=C=CC=C2)O1. The van der Waals surface area contributed by atoms with E-state index >= 15 is 0 Å². The van der Waals surface area contributed by atoms with Crippen molar-refractivity contribution in [2.75, 3.05) is 0 Å². The summed E-state index contributed by atoms with van der Waals surface area (Å²) in [5.74, 6) is 3.46. The van der Waals surface area contributed by atoms with Crippen LogP contribution in [0.2, 0.25) is 0 Å². The van der Waals surface area contributed by atoms with Crippen molar-refractivity contribution in [3.8, 4) is 0 Å². The number of rotatable bonds is 0. The van der Waals surface area contributed by atoms with Crippen molar-refractivity contribution in [2.45, 2.75) is 6.42 Å². The smallest absolute Gasteiger partial charge is 0.232 e. The van der Waals surface area contributed by atoms with Crippen LogP contribution >= 0.6 is 0 Å². The van der Waals surface area contributed by atoms with Crippen LogP contribution in [0.4, 0.5) is 0 Å². The van der Waals surface area contributed by atoms with E-state index in [4.69, 9.17) is 4.74 Å². The Labute approximate surface area is 109 Å². The van der Waals surface area contributed by atoms with Crippen LogP contribution in [-0.4, -0.2) is 15.8 Å². The van der Waals surface area contributed by atoms with Gasteiger partial charge in [0, 0.05) is 17.0 Å². The maximum absolute atomic E-state index is 5.55. The molecule has 0 saturated heterocycles. The Morgan fingerprint density at radius 1 is 1.37 bits per heavy atom. The second kappa shape index (κ2) is 4.84. The van der Waals surface area contributed by atoms with Gasteiger partial charge >= 0.3 is 0 Å². The van der Waals surface area contributed by atoms with Crippen molar-refractivity contribution in [3.05, 3.63) is 65.4 Å². The molecule has 2 aliphatic heterocycles. The molecule has 1 aromatic rings. The third-order valence-corrected chi connectivity index (χ3v) is 2.61. The minimum Gasteiger partial charge on any atom is -0.420 e. The Hall–Kier alpha value is -2.78. The van der Waals surface area contributed by atoms with E-state index in [9.17, 15) is 0 Å². The first-order valence-corrected chi connectivity index (χ1v) is 5.74. The topological polar surface area (TPSA) is 59.7 Å². The summed E-state index contributed by atoms with van der Waals surface area (Å²) >= 11 is 0. The zero-order chi connectivity index (χ0) is 13.1. The fraction of sp³-hybridized carbons (Fsp3) is 0.0714. The highest BCUT2D eigenvalue weighted by Gasteiger charge is 2.09. The van der Waals surface area contributed by atoms with Gasteiger partial charge in [-0.2, -0.15) is 9.98 Å². The van der Waals surface area contributed by atoms with E-state index in [1.165, 1.54) is 6.33 Å². The minimum absolute atomic E-state index is 0.239. The number of fused-ring (bicyclic) bond motifs is 1. The first-order valence-electron chi connectivity index (χ1n) is 5.74. The van der Waals surface area contributed by atoms with Crippen molar-refractivity contribution in [1.82, 2.24) is 9.97 Å². The van der Waals surface area contributed by atoms with Crippen LogP contribution in [0.3, 0.4) is 0 Å². The van der Waals surface area contributed by atoms with Gasteiger partial charge in [0.05, 0.1) is 0 Å². The molecule has 0 unspecified atom stereocenters. The number of aliphatic imine (C=N–C) groups is 1. The van der Waals surface area contributed by atoms with Gasteiger partial charge in [0.25, 0.3) is 0 Å². The Morgan fingerprint density at radius 2 is 2.32 bits per heavy atom. The van der Waals surface area contributed by atoms with Gasteiger partial charge < -0.3 is 4.74 Å². The normalized spacial score (nSPS) is 20.5. The molecule has 0 fully saturated rings. The summed E-state index contributed by atoms with van der Waals surface area (Å²) in [4.78, 5) is 16.4. The molecule has 1 aromatic heterocycles. The second-order valence-corrected chi connectivity index (χ2v) is 3.91. The molecule has 3 rings (SSSR count). The van der Waals surface area contributed by atoms with Crippen LogP contribution in [0.5, 0.6) is 0 Å². The molecule has 0 spiro atoms. The second-order valence-electron chi connectivity index (χ2n) is 3.91. The molecule has 0 saturated carbocycles. The molecule has 5 nitrogen and oxygen atoms in total. The highest BCUT2D eigenvalue weighted by Crippen LogP contribution is 2.18. The highest BCUT2D eigenvalue weighted by atomic mass is 16.5. The number of aromatic nitrogens is 2. The van der Waals surface area contributed by atoms with Gasteiger partial charge in [-0.15, -0.1) is 0 Å². The summed E-state index contributed by atoms with van der Waals surface area (Å²) < 4.78 is 5.55. The van der Waals surface area contributed by atoms with Gasteiger partial charge in [0.1, 0.15) is 6.33 Å². The van der Waals surface area contributed by atoms with Crippen LogP contribution in [0.25, 0.3) is 6.08 Å². The summed E-state index contributed by atoms with van der Waals surface area (Å²) in [6.45, 7) is 3.76. The number of allylic oxidation sites excluding steroid dienone is 4. The lowest BCUT2D eigenvalue weighted by atomic mass is 10.1. The molecule has 0 atom stereocenters. The van der Waals surface area contributed by atoms with E-state index in [1.807, 2.05) is 18.2 Å². The highest BCUT2D eigenvalue weighted by molar-refractivity contribution is 5.59. The molecule has 92 valence electrons. The van der Waals surface area contributed by atoms with Crippen molar-refractivity contribution in [2.24, 2.45) is 9.98 Å². The summed E-state index contributed by atoms with van der Waals surface area (Å²) in [6, 6.07) is 0. The first-order chi connectivity index (χ1) is 9.33. The predicted octanol–water partition coefficient (Wildman–Crippen LogP) is 0.776. The van der Waals surface area contributed by atoms with E-state index in [1.54, 1.807) is 12.3 Å². The van der Waals surface area contributed by atoms with Crippen LogP contribution < -0.4 is 10.7 Å². The maximum atomic E-state index is 5.55. The zero-order valence-electron chi connectivity index (χ0n) is 10.1. The standard InChI is InChI=1S/C14H10N4O/c1-10-18-13-12(8-15-9-17-13)6-5-11-4-2-3-7-16-14(11)19-10/h2-4,6,8-9H,1,5H2/b12-6-,18-13+. The van der Waals surface area contributed by atoms with E-state index in [2.05, 4.69) is 32.4 Å². The van der Waals surface area contributed by atoms with Gasteiger partial charge in [0.2, 0.25) is 11.8 Å². The Bertz CT molecular complexity index is 780. The average molecular weight is 250 g/mol. The van der Waals surface area contributed by atoms with Crippen molar-refractivity contribution >= 4 is 11.9 Å². The monoisotopic (exact) mass is 250 g/mol. The van der Waals surface area contributed by atoms with Gasteiger partial charge in [0.15, 0.2) is 5.49 Å². The lowest BCUT2D eigenvalue weighted by Gasteiger charge is -2.05. The molecule has 0 radical (unpaired) electrons. The molecule has 19 heavy (non-hydrogen) atoms. The largest absolute Gasteiger partial charge is 0.420 e. The predicted molar refractivity (Wildman–Crippen MR) is 70.3 cm³/mol. The zero-order valence-corrected chi connectivity index (χ0v) is 10.1. The Kier molecular flexibility index (Phi) is 2.88. The van der Waals surface area contributed by atoms with Crippen molar-refractivity contribution < 1.29 is 4.74 Å². The van der Waals surface area contributed by atoms with Crippen LogP contribution in [-0.2, 0) is 4.74 Å². The average Bonchev–Trinajstić information content (AvgIpc) is 2.59. The third-order valence-electron chi connectivity index (χ3n) is 2.61. The summed E-state index contributed by atoms with van der Waals surface area (Å²) in [6.07, 6.45) is 11.3. The molecular formula is C14H10N4O. The molecule has 0 amide bonds. The minimum atomic E-state index is 0.239. The quantitative estimate of drug-likeness (QED) is 0.683. The molecule has 5 heteroatoms. The number of nitrogens with zero attached hydrogens (tertiary/aromatic N) is 4. The Balaban J connectivity index is 2.18. The molecule has 0 N–H and O–H groups in total. The molecule has 2 aliphatic rings. The lowest BCUT2D eigenvalue weighted by Crippen LogP contribution is -2.28. The number of ether oxygens (including phenoxy) is 1. The lowest BCUT2D eigenvalue weighted by molar-refractivity contribution is 0.295. The van der Waals surface area contributed by atoms with Gasteiger partial charge in [-0.1, -0.05) is 18.2 Å². The summed E-state index contributed by atoms with van der Waals surface area (Å²) in [5, 5.41) is 0.843. The van der Waals surface area contributed by atoms with Gasteiger partial charge in [-0.3, -0.25) is 0 Å². The van der Waals surface area contributed by atoms with Crippen molar-refractivity contribution in [1.29, 1.82) is 0 Å². The summed E-state index contributed by atoms with van der Waals surface area (Å²) in [7, 11) is 0. The molecular weight excluding hydrogens is 240 g/mol. The van der Waals surface area contributed by atoms with Crippen LogP contribution in [0.1, 0.15) is 6.42 Å². The Morgan fingerprint density at radius 3 is 3.26 bits per heavy atom. The fourth-order valence-electron chi connectivity index (χ4n) is 1.73. The molecule has 0 bridgehead atoms. The molecule has 3 heterocycles. The van der Waals surface area contributed by atoms with E-state index in [-0.39, 0.29) is 5.88 Å². The molecule has 0 aromatic carbocycles. The summed E-state index contributed by atoms with van der Waals surface area (Å²) in [5.41, 5.74) is 1.47.